The Balaban J connectivity index is 1.35. The first-order valence-electron chi connectivity index (χ1n) is 16.5. The molecule has 1 aromatic rings. The average Bonchev–Trinajstić information content (AvgIpc) is 3.24. The van der Waals surface area contributed by atoms with Gasteiger partial charge in [-0.1, -0.05) is 24.6 Å². The molecule has 1 N–H and O–H groups in total. The number of amides is 1. The summed E-state index contributed by atoms with van der Waals surface area (Å²) in [7, 11) is 0. The molecule has 50 heavy (non-hydrogen) atoms. The van der Waals surface area contributed by atoms with Gasteiger partial charge < -0.3 is 34.0 Å². The van der Waals surface area contributed by atoms with Crippen LogP contribution < -0.4 is 15.6 Å². The van der Waals surface area contributed by atoms with Crippen molar-refractivity contribution in [1.29, 1.82) is 0 Å². The zero-order chi connectivity index (χ0) is 36.1. The number of thioether (sulfide) groups is 1. The Hall–Kier alpha value is -4.11. The third-order valence-electron chi connectivity index (χ3n) is 9.14. The quantitative estimate of drug-likeness (QED) is 0.286. The molecule has 1 amide bonds. The summed E-state index contributed by atoms with van der Waals surface area (Å²) in [6.07, 6.45) is 4.19. The Morgan fingerprint density at radius 1 is 1.14 bits per heavy atom. The first kappa shape index (κ1) is 35.7. The zero-order valence-electron chi connectivity index (χ0n) is 28.9. The van der Waals surface area contributed by atoms with Gasteiger partial charge >= 0.3 is 12.1 Å². The molecule has 2 aliphatic carbocycles. The van der Waals surface area contributed by atoms with E-state index in [1.165, 1.54) is 41.3 Å². The summed E-state index contributed by atoms with van der Waals surface area (Å²) in [5.74, 6) is -5.16. The number of rotatable bonds is 6. The van der Waals surface area contributed by atoms with Crippen LogP contribution in [0.3, 0.4) is 0 Å². The maximum atomic E-state index is 15.7. The highest BCUT2D eigenvalue weighted by Crippen LogP contribution is 2.52. The zero-order valence-corrected chi connectivity index (χ0v) is 29.7. The van der Waals surface area contributed by atoms with Crippen molar-refractivity contribution in [2.45, 2.75) is 84.1 Å². The molecule has 0 spiro atoms. The fraction of sp³-hybridized carbons (Fsp3) is 0.543. The van der Waals surface area contributed by atoms with Crippen LogP contribution in [-0.4, -0.2) is 77.3 Å². The Morgan fingerprint density at radius 2 is 1.90 bits per heavy atom. The van der Waals surface area contributed by atoms with E-state index in [-0.39, 0.29) is 42.5 Å². The number of pyridine rings is 1. The minimum atomic E-state index is -1.70. The summed E-state index contributed by atoms with van der Waals surface area (Å²) in [4.78, 5) is 55.6. The molecule has 5 aliphatic rings. The van der Waals surface area contributed by atoms with Gasteiger partial charge in [0.25, 0.3) is 5.91 Å². The summed E-state index contributed by atoms with van der Waals surface area (Å²) in [6, 6.07) is 1.25. The highest BCUT2D eigenvalue weighted by Gasteiger charge is 2.44. The largest absolute Gasteiger partial charge is 0.512 e. The number of allylic oxidation sites excluding steroid dienone is 6. The van der Waals surface area contributed by atoms with Crippen molar-refractivity contribution in [2.75, 3.05) is 37.7 Å². The van der Waals surface area contributed by atoms with Crippen LogP contribution in [0.1, 0.15) is 82.9 Å². The van der Waals surface area contributed by atoms with Crippen LogP contribution in [0.4, 0.5) is 13.6 Å². The Morgan fingerprint density at radius 3 is 2.64 bits per heavy atom. The third kappa shape index (κ3) is 6.81. The molecule has 3 unspecified atom stereocenters. The molecule has 4 heterocycles. The number of nitrogens with zero attached hydrogens (tertiary/aromatic N) is 2. The Bertz CT molecular complexity index is 1810. The van der Waals surface area contributed by atoms with Gasteiger partial charge in [0.1, 0.15) is 17.6 Å². The van der Waals surface area contributed by atoms with Crippen molar-refractivity contribution in [1.82, 2.24) is 9.58 Å². The number of esters is 1. The fourth-order valence-corrected chi connectivity index (χ4v) is 7.87. The van der Waals surface area contributed by atoms with Crippen LogP contribution in [0, 0.1) is 5.92 Å². The van der Waals surface area contributed by atoms with E-state index < -0.39 is 76.9 Å². The summed E-state index contributed by atoms with van der Waals surface area (Å²) in [6.45, 7) is 9.02. The highest BCUT2D eigenvalue weighted by atomic mass is 32.2. The van der Waals surface area contributed by atoms with Crippen molar-refractivity contribution in [2.24, 2.45) is 5.92 Å². The van der Waals surface area contributed by atoms with E-state index in [2.05, 4.69) is 11.5 Å². The third-order valence-corrected chi connectivity index (χ3v) is 10.3. The van der Waals surface area contributed by atoms with Gasteiger partial charge in [-0.25, -0.2) is 18.4 Å². The van der Waals surface area contributed by atoms with E-state index in [0.717, 1.165) is 23.3 Å². The molecule has 3 aliphatic heterocycles. The maximum absolute atomic E-state index is 15.7. The monoisotopic (exact) mass is 717 g/mol. The molecule has 6 rings (SSSR count). The number of hydrogen-bond donors (Lipinski definition) is 1. The van der Waals surface area contributed by atoms with E-state index in [0.29, 0.717) is 12.0 Å². The molecule has 12 nitrogen and oxygen atoms in total. The van der Waals surface area contributed by atoms with Gasteiger partial charge in [0.2, 0.25) is 23.6 Å². The molecule has 0 bridgehead atoms. The number of carbonyl (C=O) groups excluding carboxylic acids is 3. The van der Waals surface area contributed by atoms with Crippen molar-refractivity contribution in [3.05, 3.63) is 73.1 Å². The first-order chi connectivity index (χ1) is 23.6. The number of halogens is 2. The molecule has 270 valence electrons. The Labute approximate surface area is 292 Å². The van der Waals surface area contributed by atoms with Gasteiger partial charge in [0.15, 0.2) is 11.5 Å². The van der Waals surface area contributed by atoms with Gasteiger partial charge in [-0.15, -0.1) is 11.8 Å². The van der Waals surface area contributed by atoms with Crippen LogP contribution in [0.5, 0.6) is 5.75 Å². The van der Waals surface area contributed by atoms with E-state index in [1.54, 1.807) is 27.7 Å². The minimum absolute atomic E-state index is 0.144. The first-order valence-corrected chi connectivity index (χ1v) is 17.5. The number of hydrogen-bond acceptors (Lipinski definition) is 11. The van der Waals surface area contributed by atoms with Gasteiger partial charge in [0, 0.05) is 40.7 Å². The number of fused-ring (bicyclic) bond motifs is 2. The molecule has 3 atom stereocenters. The molecule has 1 aromatic heterocycles. The number of aromatic nitrogens is 1. The molecule has 1 saturated heterocycles. The van der Waals surface area contributed by atoms with Crippen LogP contribution in [0.25, 0.3) is 0 Å². The Kier molecular flexibility index (Phi) is 9.68. The van der Waals surface area contributed by atoms with Gasteiger partial charge in [-0.2, -0.15) is 0 Å². The maximum Gasteiger partial charge on any atom is 0.512 e. The van der Waals surface area contributed by atoms with Crippen molar-refractivity contribution < 1.29 is 46.8 Å². The van der Waals surface area contributed by atoms with E-state index >= 15 is 8.78 Å². The molecular weight excluding hydrogens is 676 g/mol. The predicted molar refractivity (Wildman–Crippen MR) is 179 cm³/mol. The normalized spacial score (nSPS) is 23.6. The molecule has 0 aromatic carbocycles. The smallest absolute Gasteiger partial charge is 0.457 e. The van der Waals surface area contributed by atoms with Crippen molar-refractivity contribution >= 4 is 29.8 Å². The lowest BCUT2D eigenvalue weighted by molar-refractivity contribution is -0.176. The summed E-state index contributed by atoms with van der Waals surface area (Å²) in [5, 5.41) is 0. The number of carbonyl (C=O) groups is 3. The summed E-state index contributed by atoms with van der Waals surface area (Å²) in [5.41, 5.74) is 2.09. The topological polar surface area (TPSA) is 135 Å². The summed E-state index contributed by atoms with van der Waals surface area (Å²) < 4.78 is 59.6. The minimum Gasteiger partial charge on any atom is -0.457 e. The lowest BCUT2D eigenvalue weighted by Gasteiger charge is -2.43. The van der Waals surface area contributed by atoms with Crippen molar-refractivity contribution in [3.8, 4) is 5.75 Å². The van der Waals surface area contributed by atoms with E-state index in [9.17, 15) is 19.2 Å². The second kappa shape index (κ2) is 13.5. The van der Waals surface area contributed by atoms with Crippen LogP contribution in [0.2, 0.25) is 0 Å². The number of morpholine rings is 1. The SMILES string of the molecule is CC1C(F)=C(F)C2=C(CC3=C(C=CCC3)SC2)C1c1cc(=O)c(OCOC(=O)OC(C)(C)C(=O)OC(C)(C)C)c2n1NC1COCCN1C2=O. The molecule has 0 saturated carbocycles. The second-order valence-corrected chi connectivity index (χ2v) is 15.3. The van der Waals surface area contributed by atoms with Crippen LogP contribution in [0.15, 0.2) is 56.3 Å². The van der Waals surface area contributed by atoms with Gasteiger partial charge in [0.05, 0.1) is 18.9 Å². The number of nitrogens with one attached hydrogen (secondary N) is 1. The van der Waals surface area contributed by atoms with Gasteiger partial charge in [-0.3, -0.25) is 14.3 Å². The van der Waals surface area contributed by atoms with Crippen molar-refractivity contribution in [3.63, 3.8) is 0 Å². The molecule has 15 heteroatoms. The predicted octanol–water partition coefficient (Wildman–Crippen LogP) is 5.74. The highest BCUT2D eigenvalue weighted by molar-refractivity contribution is 8.03. The second-order valence-electron chi connectivity index (χ2n) is 14.2. The lowest BCUT2D eigenvalue weighted by Crippen LogP contribution is -2.60. The summed E-state index contributed by atoms with van der Waals surface area (Å²) >= 11 is 1.46. The lowest BCUT2D eigenvalue weighted by atomic mass is 9.74. The average molecular weight is 718 g/mol. The van der Waals surface area contributed by atoms with Gasteiger partial charge in [-0.05, 0) is 59.5 Å². The molecule has 1 fully saturated rings. The standard InChI is InChI=1S/C35H41F2N3O9S/c1-18-26(20-13-19-9-7-8-10-24(19)50-16-21(20)28(37)27(18)36)22-14-23(41)30(29-31(42)39-11-12-45-15-25(39)38-40(22)29)46-17-47-33(44)49-35(5,6)32(43)48-34(2,3)4/h8,10,14,18,25-26,38H,7,9,11-13,15-17H2,1-6H3. The number of ether oxygens (including phenoxy) is 5. The van der Waals surface area contributed by atoms with E-state index in [1.807, 2.05) is 6.08 Å². The molecule has 0 radical (unpaired) electrons. The van der Waals surface area contributed by atoms with Crippen LogP contribution >= 0.6 is 11.8 Å². The fourth-order valence-electron chi connectivity index (χ4n) is 6.69. The van der Waals surface area contributed by atoms with E-state index in [4.69, 9.17) is 23.7 Å². The van der Waals surface area contributed by atoms with Crippen LogP contribution in [-0.2, 0) is 23.7 Å². The molecular formula is C35H41F2N3O9S.